The number of pyridine rings is 1. The molecule has 1 aliphatic rings. The minimum atomic E-state index is 0.0377. The van der Waals surface area contributed by atoms with E-state index in [0.29, 0.717) is 25.1 Å². The Balaban J connectivity index is 1.47. The van der Waals surface area contributed by atoms with Crippen LogP contribution in [0.4, 0.5) is 0 Å². The summed E-state index contributed by atoms with van der Waals surface area (Å²) in [7, 11) is 0. The Morgan fingerprint density at radius 3 is 2.61 bits per heavy atom. The Hall–Kier alpha value is -2.21. The van der Waals surface area contributed by atoms with Crippen molar-refractivity contribution in [2.75, 3.05) is 13.1 Å². The van der Waals surface area contributed by atoms with Crippen molar-refractivity contribution in [2.45, 2.75) is 25.3 Å². The standard InChI is InChI=1S/C17H19N3O2S/c21-16(12-15-2-1-11-23-15)19-14-5-9-20(10-6-14)17(22)13-3-7-18-8-4-13/h1-4,7-8,11,14H,5-6,9-10,12H2,(H,19,21). The van der Waals surface area contributed by atoms with Crippen molar-refractivity contribution < 1.29 is 9.59 Å². The average Bonchev–Trinajstić information content (AvgIpc) is 3.08. The van der Waals surface area contributed by atoms with Gasteiger partial charge in [0.2, 0.25) is 5.91 Å². The molecular weight excluding hydrogens is 310 g/mol. The van der Waals surface area contributed by atoms with Crippen LogP contribution < -0.4 is 5.32 Å². The molecule has 3 heterocycles. The summed E-state index contributed by atoms with van der Waals surface area (Å²) >= 11 is 1.60. The fourth-order valence-corrected chi connectivity index (χ4v) is 3.46. The average molecular weight is 329 g/mol. The predicted molar refractivity (Wildman–Crippen MR) is 89.3 cm³/mol. The minimum Gasteiger partial charge on any atom is -0.353 e. The first-order valence-corrected chi connectivity index (χ1v) is 8.61. The number of likely N-dealkylation sites (tertiary alicyclic amines) is 1. The third-order valence-electron chi connectivity index (χ3n) is 3.99. The van der Waals surface area contributed by atoms with Gasteiger partial charge in [-0.05, 0) is 36.4 Å². The van der Waals surface area contributed by atoms with Crippen LogP contribution in [0, 0.1) is 0 Å². The molecule has 0 radical (unpaired) electrons. The van der Waals surface area contributed by atoms with E-state index in [0.717, 1.165) is 17.7 Å². The summed E-state index contributed by atoms with van der Waals surface area (Å²) in [6.45, 7) is 1.34. The molecule has 0 aromatic carbocycles. The van der Waals surface area contributed by atoms with Gasteiger partial charge in [-0.3, -0.25) is 14.6 Å². The zero-order valence-electron chi connectivity index (χ0n) is 12.8. The Morgan fingerprint density at radius 1 is 1.22 bits per heavy atom. The Labute approximate surface area is 139 Å². The zero-order valence-corrected chi connectivity index (χ0v) is 13.6. The van der Waals surface area contributed by atoms with E-state index in [1.165, 1.54) is 0 Å². The van der Waals surface area contributed by atoms with Gasteiger partial charge in [-0.25, -0.2) is 0 Å². The molecule has 2 aromatic rings. The van der Waals surface area contributed by atoms with Crippen molar-refractivity contribution >= 4 is 23.2 Å². The quantitative estimate of drug-likeness (QED) is 0.934. The lowest BCUT2D eigenvalue weighted by Crippen LogP contribution is -2.46. The molecule has 2 aromatic heterocycles. The lowest BCUT2D eigenvalue weighted by atomic mass is 10.0. The van der Waals surface area contributed by atoms with Crippen molar-refractivity contribution in [3.05, 3.63) is 52.5 Å². The maximum absolute atomic E-state index is 12.4. The number of nitrogens with one attached hydrogen (secondary N) is 1. The van der Waals surface area contributed by atoms with Gasteiger partial charge in [0.05, 0.1) is 6.42 Å². The second kappa shape index (κ2) is 7.37. The second-order valence-electron chi connectivity index (χ2n) is 5.63. The highest BCUT2D eigenvalue weighted by Crippen LogP contribution is 2.15. The van der Waals surface area contributed by atoms with Crippen molar-refractivity contribution in [1.82, 2.24) is 15.2 Å². The largest absolute Gasteiger partial charge is 0.353 e. The first-order valence-electron chi connectivity index (χ1n) is 7.73. The molecule has 0 atom stereocenters. The van der Waals surface area contributed by atoms with Crippen LogP contribution in [-0.4, -0.2) is 40.8 Å². The summed E-state index contributed by atoms with van der Waals surface area (Å²) in [4.78, 5) is 31.2. The highest BCUT2D eigenvalue weighted by Gasteiger charge is 2.24. The van der Waals surface area contributed by atoms with E-state index in [2.05, 4.69) is 10.3 Å². The molecule has 0 spiro atoms. The molecule has 0 aliphatic carbocycles. The molecule has 5 nitrogen and oxygen atoms in total. The highest BCUT2D eigenvalue weighted by molar-refractivity contribution is 7.10. The maximum atomic E-state index is 12.4. The molecule has 1 fully saturated rings. The monoisotopic (exact) mass is 329 g/mol. The van der Waals surface area contributed by atoms with Crippen LogP contribution in [-0.2, 0) is 11.2 Å². The number of piperidine rings is 1. The fraction of sp³-hybridized carbons (Fsp3) is 0.353. The third-order valence-corrected chi connectivity index (χ3v) is 4.87. The number of rotatable bonds is 4. The van der Waals surface area contributed by atoms with Crippen molar-refractivity contribution in [3.63, 3.8) is 0 Å². The lowest BCUT2D eigenvalue weighted by Gasteiger charge is -2.32. The molecule has 6 heteroatoms. The normalized spacial score (nSPS) is 15.4. The molecule has 1 aliphatic heterocycles. The van der Waals surface area contributed by atoms with Gasteiger partial charge in [0.15, 0.2) is 0 Å². The fourth-order valence-electron chi connectivity index (χ4n) is 2.75. The van der Waals surface area contributed by atoms with Gasteiger partial charge in [0.1, 0.15) is 0 Å². The number of thiophene rings is 1. The highest BCUT2D eigenvalue weighted by atomic mass is 32.1. The predicted octanol–water partition coefficient (Wildman–Crippen LogP) is 2.11. The summed E-state index contributed by atoms with van der Waals surface area (Å²) in [5, 5.41) is 5.05. The van der Waals surface area contributed by atoms with Gasteiger partial charge in [-0.15, -0.1) is 11.3 Å². The number of carbonyl (C=O) groups excluding carboxylic acids is 2. The van der Waals surface area contributed by atoms with E-state index < -0.39 is 0 Å². The molecule has 1 saturated heterocycles. The van der Waals surface area contributed by atoms with Crippen LogP contribution in [0.2, 0.25) is 0 Å². The first kappa shape index (κ1) is 15.7. The van der Waals surface area contributed by atoms with Crippen molar-refractivity contribution in [2.24, 2.45) is 0 Å². The summed E-state index contributed by atoms with van der Waals surface area (Å²) < 4.78 is 0. The van der Waals surface area contributed by atoms with Gasteiger partial charge >= 0.3 is 0 Å². The molecule has 0 unspecified atom stereocenters. The van der Waals surface area contributed by atoms with Crippen LogP contribution in [0.1, 0.15) is 28.1 Å². The summed E-state index contributed by atoms with van der Waals surface area (Å²) in [6.07, 6.45) is 5.30. The molecule has 3 rings (SSSR count). The van der Waals surface area contributed by atoms with Crippen LogP contribution in [0.25, 0.3) is 0 Å². The zero-order chi connectivity index (χ0) is 16.1. The van der Waals surface area contributed by atoms with Gasteiger partial charge < -0.3 is 10.2 Å². The SMILES string of the molecule is O=C(Cc1cccs1)NC1CCN(C(=O)c2ccncc2)CC1. The smallest absolute Gasteiger partial charge is 0.253 e. The number of nitrogens with zero attached hydrogens (tertiary/aromatic N) is 2. The van der Waals surface area contributed by atoms with E-state index >= 15 is 0 Å². The molecule has 23 heavy (non-hydrogen) atoms. The van der Waals surface area contributed by atoms with E-state index in [-0.39, 0.29) is 17.9 Å². The Bertz CT molecular complexity index is 650. The maximum Gasteiger partial charge on any atom is 0.253 e. The lowest BCUT2D eigenvalue weighted by molar-refractivity contribution is -0.121. The van der Waals surface area contributed by atoms with Gasteiger partial charge in [-0.1, -0.05) is 6.07 Å². The topological polar surface area (TPSA) is 62.3 Å². The van der Waals surface area contributed by atoms with E-state index in [1.54, 1.807) is 35.9 Å². The van der Waals surface area contributed by atoms with E-state index in [9.17, 15) is 9.59 Å². The molecule has 1 N–H and O–H groups in total. The van der Waals surface area contributed by atoms with Crippen molar-refractivity contribution in [1.29, 1.82) is 0 Å². The molecule has 2 amide bonds. The minimum absolute atomic E-state index is 0.0377. The summed E-state index contributed by atoms with van der Waals surface area (Å²) in [5.74, 6) is 0.0992. The molecule has 120 valence electrons. The van der Waals surface area contributed by atoms with Gasteiger partial charge in [-0.2, -0.15) is 0 Å². The Morgan fingerprint density at radius 2 is 1.96 bits per heavy atom. The van der Waals surface area contributed by atoms with Crippen LogP contribution in [0.15, 0.2) is 42.0 Å². The van der Waals surface area contributed by atoms with Crippen molar-refractivity contribution in [3.8, 4) is 0 Å². The number of amides is 2. The van der Waals surface area contributed by atoms with E-state index in [1.807, 2.05) is 22.4 Å². The summed E-state index contributed by atoms with van der Waals surface area (Å²) in [6, 6.07) is 7.55. The van der Waals surface area contributed by atoms with Crippen LogP contribution in [0.3, 0.4) is 0 Å². The third kappa shape index (κ3) is 4.16. The second-order valence-corrected chi connectivity index (χ2v) is 6.66. The van der Waals surface area contributed by atoms with Crippen LogP contribution >= 0.6 is 11.3 Å². The van der Waals surface area contributed by atoms with E-state index in [4.69, 9.17) is 0 Å². The number of carbonyl (C=O) groups is 2. The molecular formula is C17H19N3O2S. The molecule has 0 bridgehead atoms. The number of hydrogen-bond acceptors (Lipinski definition) is 4. The van der Waals surface area contributed by atoms with Gasteiger partial charge in [0.25, 0.3) is 5.91 Å². The number of aromatic nitrogens is 1. The summed E-state index contributed by atoms with van der Waals surface area (Å²) in [5.41, 5.74) is 0.667. The first-order chi connectivity index (χ1) is 11.2. The van der Waals surface area contributed by atoms with Crippen LogP contribution in [0.5, 0.6) is 0 Å². The Kier molecular flexibility index (Phi) is 5.02. The number of hydrogen-bond donors (Lipinski definition) is 1. The van der Waals surface area contributed by atoms with Gasteiger partial charge in [0, 0.05) is 42.0 Å². The molecule has 0 saturated carbocycles.